The molecular weight excluding hydrogens is 415 g/mol. The highest BCUT2D eigenvalue weighted by molar-refractivity contribution is 8.00. The van der Waals surface area contributed by atoms with E-state index >= 15 is 0 Å². The number of non-ortho nitro benzene ring substituents is 1. The fourth-order valence-corrected chi connectivity index (χ4v) is 3.15. The van der Waals surface area contributed by atoms with E-state index in [4.69, 9.17) is 27.9 Å². The Bertz CT molecular complexity index is 861. The zero-order valence-electron chi connectivity index (χ0n) is 14.0. The van der Waals surface area contributed by atoms with Crippen LogP contribution >= 0.6 is 35.0 Å². The topological polar surface area (TPSA) is 98.5 Å². The van der Waals surface area contributed by atoms with Crippen molar-refractivity contribution in [3.63, 3.8) is 0 Å². The minimum Gasteiger partial charge on any atom is -0.455 e. The van der Waals surface area contributed by atoms with Crippen molar-refractivity contribution in [2.75, 3.05) is 11.9 Å². The summed E-state index contributed by atoms with van der Waals surface area (Å²) in [6.45, 7) is 1.13. The lowest BCUT2D eigenvalue weighted by Gasteiger charge is -2.12. The van der Waals surface area contributed by atoms with Gasteiger partial charge in [-0.2, -0.15) is 0 Å². The summed E-state index contributed by atoms with van der Waals surface area (Å²) >= 11 is 13.0. The second-order valence-corrected chi connectivity index (χ2v) is 7.47. The van der Waals surface area contributed by atoms with Crippen LogP contribution in [0.1, 0.15) is 6.92 Å². The number of nitrogens with zero attached hydrogens (tertiary/aromatic N) is 1. The van der Waals surface area contributed by atoms with Crippen LogP contribution in [0.5, 0.6) is 0 Å². The van der Waals surface area contributed by atoms with Crippen LogP contribution in [0.3, 0.4) is 0 Å². The lowest BCUT2D eigenvalue weighted by Crippen LogP contribution is -2.24. The molecule has 27 heavy (non-hydrogen) atoms. The molecule has 142 valence electrons. The third-order valence-corrected chi connectivity index (χ3v) is 5.17. The highest BCUT2D eigenvalue weighted by Crippen LogP contribution is 2.29. The van der Waals surface area contributed by atoms with Gasteiger partial charge in [0.25, 0.3) is 11.6 Å². The Morgan fingerprint density at radius 2 is 1.89 bits per heavy atom. The number of benzene rings is 2. The quantitative estimate of drug-likeness (QED) is 0.300. The van der Waals surface area contributed by atoms with Gasteiger partial charge >= 0.3 is 5.97 Å². The number of esters is 1. The third kappa shape index (κ3) is 6.13. The molecule has 0 aliphatic heterocycles. The number of hydrogen-bond donors (Lipinski definition) is 1. The monoisotopic (exact) mass is 428 g/mol. The van der Waals surface area contributed by atoms with Crippen LogP contribution in [0.2, 0.25) is 10.0 Å². The smallest absolute Gasteiger partial charge is 0.319 e. The van der Waals surface area contributed by atoms with E-state index in [-0.39, 0.29) is 10.7 Å². The molecule has 0 aromatic heterocycles. The lowest BCUT2D eigenvalue weighted by atomic mass is 10.3. The number of anilines is 1. The van der Waals surface area contributed by atoms with E-state index in [2.05, 4.69) is 5.32 Å². The molecule has 0 heterocycles. The van der Waals surface area contributed by atoms with Crippen molar-refractivity contribution in [1.29, 1.82) is 0 Å². The van der Waals surface area contributed by atoms with Crippen LogP contribution in [0.25, 0.3) is 0 Å². The van der Waals surface area contributed by atoms with Gasteiger partial charge in [0.2, 0.25) is 0 Å². The van der Waals surface area contributed by atoms with Gasteiger partial charge in [-0.25, -0.2) is 0 Å². The van der Waals surface area contributed by atoms with Crippen LogP contribution in [0, 0.1) is 10.1 Å². The Balaban J connectivity index is 1.84. The maximum absolute atomic E-state index is 12.0. The largest absolute Gasteiger partial charge is 0.455 e. The minimum absolute atomic E-state index is 0.0362. The first kappa shape index (κ1) is 21.0. The molecule has 1 N–H and O–H groups in total. The summed E-state index contributed by atoms with van der Waals surface area (Å²) in [4.78, 5) is 34.7. The van der Waals surface area contributed by atoms with Crippen molar-refractivity contribution in [3.8, 4) is 0 Å². The lowest BCUT2D eigenvalue weighted by molar-refractivity contribution is -0.384. The van der Waals surface area contributed by atoms with Gasteiger partial charge < -0.3 is 10.1 Å². The average Bonchev–Trinajstić information content (AvgIpc) is 2.64. The molecule has 0 fully saturated rings. The number of carbonyl (C=O) groups excluding carboxylic acids is 2. The highest BCUT2D eigenvalue weighted by Gasteiger charge is 2.18. The number of nitro benzene ring substituents is 1. The SMILES string of the molecule is CC(Sc1ccc([N+](=O)[O-])cc1)C(=O)OCC(=O)Nc1cccc(Cl)c1Cl. The number of carbonyl (C=O) groups is 2. The molecular formula is C17H14Cl2N2O5S. The predicted molar refractivity (Wildman–Crippen MR) is 104 cm³/mol. The second kappa shape index (κ2) is 9.59. The van der Waals surface area contributed by atoms with Gasteiger partial charge in [0.1, 0.15) is 5.25 Å². The van der Waals surface area contributed by atoms with Crippen molar-refractivity contribution in [2.24, 2.45) is 0 Å². The van der Waals surface area contributed by atoms with Crippen LogP contribution in [-0.4, -0.2) is 28.7 Å². The van der Waals surface area contributed by atoms with Gasteiger partial charge in [0, 0.05) is 17.0 Å². The summed E-state index contributed by atoms with van der Waals surface area (Å²) in [6, 6.07) is 10.6. The van der Waals surface area contributed by atoms with Gasteiger partial charge in [0.15, 0.2) is 6.61 Å². The molecule has 2 aromatic rings. The van der Waals surface area contributed by atoms with Crippen LogP contribution in [0.15, 0.2) is 47.4 Å². The number of halogens is 2. The van der Waals surface area contributed by atoms with Gasteiger partial charge in [-0.15, -0.1) is 11.8 Å². The summed E-state index contributed by atoms with van der Waals surface area (Å²) in [5.74, 6) is -1.15. The number of hydrogen-bond acceptors (Lipinski definition) is 6. The Hall–Kier alpha value is -2.29. The van der Waals surface area contributed by atoms with E-state index in [1.54, 1.807) is 37.3 Å². The maximum atomic E-state index is 12.0. The van der Waals surface area contributed by atoms with Gasteiger partial charge in [-0.05, 0) is 31.2 Å². The summed E-state index contributed by atoms with van der Waals surface area (Å²) in [7, 11) is 0. The summed E-state index contributed by atoms with van der Waals surface area (Å²) < 4.78 is 4.99. The Morgan fingerprint density at radius 3 is 2.52 bits per heavy atom. The van der Waals surface area contributed by atoms with Crippen molar-refractivity contribution >= 4 is 58.2 Å². The first-order valence-corrected chi connectivity index (χ1v) is 9.23. The number of amides is 1. The zero-order valence-corrected chi connectivity index (χ0v) is 16.3. The van der Waals surface area contributed by atoms with Crippen molar-refractivity contribution in [3.05, 3.63) is 62.6 Å². The first-order valence-electron chi connectivity index (χ1n) is 7.59. The molecule has 0 radical (unpaired) electrons. The number of ether oxygens (including phenoxy) is 1. The normalized spacial score (nSPS) is 11.5. The molecule has 1 atom stereocenters. The van der Waals surface area contributed by atoms with Crippen molar-refractivity contribution in [1.82, 2.24) is 0 Å². The van der Waals surface area contributed by atoms with Crippen molar-refractivity contribution < 1.29 is 19.2 Å². The maximum Gasteiger partial charge on any atom is 0.319 e. The number of nitrogens with one attached hydrogen (secondary N) is 1. The van der Waals surface area contributed by atoms with E-state index in [0.717, 1.165) is 11.8 Å². The number of rotatable bonds is 7. The fraction of sp³-hybridized carbons (Fsp3) is 0.176. The van der Waals surface area contributed by atoms with E-state index in [1.807, 2.05) is 0 Å². The zero-order chi connectivity index (χ0) is 20.0. The molecule has 0 bridgehead atoms. The Labute approximate surface area is 169 Å². The van der Waals surface area contributed by atoms with Gasteiger partial charge in [-0.1, -0.05) is 29.3 Å². The average molecular weight is 429 g/mol. The third-order valence-electron chi connectivity index (χ3n) is 3.26. The molecule has 0 aliphatic carbocycles. The van der Waals surface area contributed by atoms with E-state index in [0.29, 0.717) is 15.6 Å². The van der Waals surface area contributed by atoms with E-state index < -0.39 is 28.7 Å². The van der Waals surface area contributed by atoms with Crippen LogP contribution in [0.4, 0.5) is 11.4 Å². The molecule has 2 rings (SSSR count). The van der Waals surface area contributed by atoms with E-state index in [9.17, 15) is 19.7 Å². The minimum atomic E-state index is -0.603. The fourth-order valence-electron chi connectivity index (χ4n) is 1.94. The molecule has 1 unspecified atom stereocenters. The molecule has 7 nitrogen and oxygen atoms in total. The molecule has 0 saturated heterocycles. The first-order chi connectivity index (χ1) is 12.8. The summed E-state index contributed by atoms with van der Waals surface area (Å²) in [6.07, 6.45) is 0. The number of nitro groups is 1. The van der Waals surface area contributed by atoms with E-state index in [1.165, 1.54) is 12.1 Å². The number of thioether (sulfide) groups is 1. The summed E-state index contributed by atoms with van der Waals surface area (Å²) in [5.41, 5.74) is 0.282. The molecule has 1 amide bonds. The molecule has 0 aliphatic rings. The van der Waals surface area contributed by atoms with Crippen LogP contribution < -0.4 is 5.32 Å². The molecule has 0 saturated carbocycles. The highest BCUT2D eigenvalue weighted by atomic mass is 35.5. The predicted octanol–water partition coefficient (Wildman–Crippen LogP) is 4.56. The van der Waals surface area contributed by atoms with Gasteiger partial charge in [-0.3, -0.25) is 19.7 Å². The van der Waals surface area contributed by atoms with Crippen LogP contribution in [-0.2, 0) is 14.3 Å². The Kier molecular flexibility index (Phi) is 7.46. The van der Waals surface area contributed by atoms with Crippen molar-refractivity contribution in [2.45, 2.75) is 17.1 Å². The molecule has 10 heteroatoms. The van der Waals surface area contributed by atoms with Gasteiger partial charge in [0.05, 0.1) is 20.7 Å². The molecule has 2 aromatic carbocycles. The summed E-state index contributed by atoms with van der Waals surface area (Å²) in [5, 5.41) is 13.0. The molecule has 0 spiro atoms. The standard InChI is InChI=1S/C17H14Cl2N2O5S/c1-10(27-12-7-5-11(6-8-12)21(24)25)17(23)26-9-15(22)20-14-4-2-3-13(18)16(14)19/h2-8,10H,9H2,1H3,(H,20,22). The second-order valence-electron chi connectivity index (χ2n) is 5.27. The Morgan fingerprint density at radius 1 is 1.22 bits per heavy atom.